The number of hydrogen-bond acceptors (Lipinski definition) is 4. The minimum Gasteiger partial charge on any atom is -0.262 e. The first-order valence-corrected chi connectivity index (χ1v) is 8.19. The van der Waals surface area contributed by atoms with E-state index in [1.807, 2.05) is 37.3 Å². The second-order valence-electron chi connectivity index (χ2n) is 3.34. The minimum absolute atomic E-state index is 0.398. The van der Waals surface area contributed by atoms with Crippen molar-refractivity contribution in [1.29, 1.82) is 0 Å². The van der Waals surface area contributed by atoms with Gasteiger partial charge in [-0.1, -0.05) is 42.1 Å². The highest BCUT2D eigenvalue weighted by Gasteiger charge is 2.07. The minimum atomic E-state index is -3.50. The van der Waals surface area contributed by atoms with E-state index in [1.54, 1.807) is 12.3 Å². The molecule has 0 fully saturated rings. The van der Waals surface area contributed by atoms with Crippen LogP contribution in [0.2, 0.25) is 0 Å². The summed E-state index contributed by atoms with van der Waals surface area (Å²) in [7, 11) is -3.50. The third kappa shape index (κ3) is 5.37. The molecule has 0 aliphatic carbocycles. The highest BCUT2D eigenvalue weighted by Crippen LogP contribution is 2.04. The zero-order valence-electron chi connectivity index (χ0n) is 10.3. The molecule has 1 aromatic carbocycles. The molecule has 0 aromatic heterocycles. The number of nitrogens with one attached hydrogen (secondary N) is 1. The Balaban J connectivity index is 2.77. The Kier molecular flexibility index (Phi) is 5.94. The van der Waals surface area contributed by atoms with Gasteiger partial charge in [-0.25, -0.2) is 8.42 Å². The molecule has 0 saturated heterocycles. The standard InChI is InChI=1S/C12H16N2O2S2/c1-3-13-12(17-2)14-18(15,16)10-9-11-7-5-4-6-8-11/h4-10H,3H2,1-2H3,(H,13,14). The van der Waals surface area contributed by atoms with Crippen LogP contribution in [0.5, 0.6) is 0 Å². The van der Waals surface area contributed by atoms with Gasteiger partial charge in [0.25, 0.3) is 10.0 Å². The van der Waals surface area contributed by atoms with Gasteiger partial charge in [-0.3, -0.25) is 9.71 Å². The van der Waals surface area contributed by atoms with Crippen molar-refractivity contribution in [3.63, 3.8) is 0 Å². The van der Waals surface area contributed by atoms with E-state index >= 15 is 0 Å². The summed E-state index contributed by atoms with van der Waals surface area (Å²) in [6.07, 6.45) is 3.32. The van der Waals surface area contributed by atoms with Gasteiger partial charge in [-0.05, 0) is 24.8 Å². The quantitative estimate of drug-likeness (QED) is 0.682. The van der Waals surface area contributed by atoms with E-state index in [0.29, 0.717) is 11.7 Å². The molecule has 1 N–H and O–H groups in total. The topological polar surface area (TPSA) is 58.5 Å². The summed E-state index contributed by atoms with van der Waals surface area (Å²) in [5.41, 5.74) is 0.834. The van der Waals surface area contributed by atoms with Crippen LogP contribution >= 0.6 is 11.8 Å². The first-order valence-electron chi connectivity index (χ1n) is 5.42. The summed E-state index contributed by atoms with van der Waals surface area (Å²) >= 11 is 1.27. The molecular formula is C12H16N2O2S2. The molecule has 1 aromatic rings. The molecule has 1 rings (SSSR count). The summed E-state index contributed by atoms with van der Waals surface area (Å²) in [4.78, 5) is 4.04. The Labute approximate surface area is 112 Å². The molecule has 0 aliphatic rings. The summed E-state index contributed by atoms with van der Waals surface area (Å²) in [6, 6.07) is 9.25. The van der Waals surface area contributed by atoms with E-state index in [4.69, 9.17) is 0 Å². The van der Waals surface area contributed by atoms with Crippen LogP contribution in [-0.4, -0.2) is 26.4 Å². The van der Waals surface area contributed by atoms with Crippen LogP contribution in [0, 0.1) is 0 Å². The van der Waals surface area contributed by atoms with Crippen LogP contribution < -0.4 is 4.72 Å². The van der Waals surface area contributed by atoms with E-state index in [0.717, 1.165) is 11.0 Å². The zero-order chi connectivity index (χ0) is 13.4. The average molecular weight is 284 g/mol. The Morgan fingerprint density at radius 3 is 2.61 bits per heavy atom. The lowest BCUT2D eigenvalue weighted by molar-refractivity contribution is 0.602. The normalized spacial score (nSPS) is 12.9. The van der Waals surface area contributed by atoms with Crippen molar-refractivity contribution in [3.05, 3.63) is 41.3 Å². The first kappa shape index (κ1) is 14.8. The van der Waals surface area contributed by atoms with Gasteiger partial charge >= 0.3 is 0 Å². The van der Waals surface area contributed by atoms with Crippen molar-refractivity contribution in [2.24, 2.45) is 4.99 Å². The number of nitrogens with zero attached hydrogens (tertiary/aromatic N) is 1. The largest absolute Gasteiger partial charge is 0.262 e. The average Bonchev–Trinajstić information content (AvgIpc) is 2.37. The number of rotatable bonds is 4. The smallest absolute Gasteiger partial charge is 0.256 e. The van der Waals surface area contributed by atoms with Crippen molar-refractivity contribution in [1.82, 2.24) is 4.72 Å². The van der Waals surface area contributed by atoms with E-state index in [-0.39, 0.29) is 0 Å². The summed E-state index contributed by atoms with van der Waals surface area (Å²) in [5, 5.41) is 1.54. The first-order chi connectivity index (χ1) is 8.57. The predicted octanol–water partition coefficient (Wildman–Crippen LogP) is 2.32. The van der Waals surface area contributed by atoms with Crippen LogP contribution in [0.25, 0.3) is 6.08 Å². The van der Waals surface area contributed by atoms with Crippen molar-refractivity contribution >= 4 is 33.0 Å². The van der Waals surface area contributed by atoms with Crippen LogP contribution in [0.1, 0.15) is 12.5 Å². The number of sulfonamides is 1. The molecule has 0 atom stereocenters. The van der Waals surface area contributed by atoms with Crippen LogP contribution in [0.4, 0.5) is 0 Å². The number of aliphatic imine (C=N–C) groups is 1. The number of amidine groups is 1. The fourth-order valence-electron chi connectivity index (χ4n) is 1.17. The molecule has 0 aliphatic heterocycles. The SMILES string of the molecule is CCN=C(NS(=O)(=O)C=Cc1ccccc1)SC. The Bertz CT molecular complexity index is 522. The Morgan fingerprint density at radius 2 is 2.06 bits per heavy atom. The third-order valence-corrected chi connectivity index (χ3v) is 3.68. The van der Waals surface area contributed by atoms with Gasteiger partial charge < -0.3 is 0 Å². The molecule has 0 radical (unpaired) electrons. The molecule has 98 valence electrons. The molecule has 0 unspecified atom stereocenters. The van der Waals surface area contributed by atoms with E-state index < -0.39 is 10.0 Å². The lowest BCUT2D eigenvalue weighted by Gasteiger charge is -2.04. The fraction of sp³-hybridized carbons (Fsp3) is 0.250. The maximum atomic E-state index is 11.8. The van der Waals surface area contributed by atoms with Gasteiger partial charge in [0.1, 0.15) is 0 Å². The van der Waals surface area contributed by atoms with Crippen LogP contribution in [-0.2, 0) is 10.0 Å². The van der Waals surface area contributed by atoms with Crippen molar-refractivity contribution in [3.8, 4) is 0 Å². The van der Waals surface area contributed by atoms with Crippen LogP contribution in [0.3, 0.4) is 0 Å². The molecule has 18 heavy (non-hydrogen) atoms. The lowest BCUT2D eigenvalue weighted by atomic mass is 10.2. The summed E-state index contributed by atoms with van der Waals surface area (Å²) in [6.45, 7) is 2.39. The van der Waals surface area contributed by atoms with E-state index in [2.05, 4.69) is 9.71 Å². The Morgan fingerprint density at radius 1 is 1.39 bits per heavy atom. The van der Waals surface area contributed by atoms with Crippen LogP contribution in [0.15, 0.2) is 40.7 Å². The van der Waals surface area contributed by atoms with E-state index in [1.165, 1.54) is 11.8 Å². The molecule has 6 heteroatoms. The third-order valence-electron chi connectivity index (χ3n) is 1.96. The molecule has 0 heterocycles. The second kappa shape index (κ2) is 7.23. The molecule has 0 bridgehead atoms. The molecule has 0 saturated carbocycles. The number of benzene rings is 1. The fourth-order valence-corrected chi connectivity index (χ4v) is 2.82. The molecule has 0 spiro atoms. The maximum absolute atomic E-state index is 11.8. The molecule has 0 amide bonds. The highest BCUT2D eigenvalue weighted by atomic mass is 32.2. The van der Waals surface area contributed by atoms with Crippen molar-refractivity contribution in [2.75, 3.05) is 12.8 Å². The second-order valence-corrected chi connectivity index (χ2v) is 5.71. The molecular weight excluding hydrogens is 268 g/mol. The monoisotopic (exact) mass is 284 g/mol. The maximum Gasteiger partial charge on any atom is 0.256 e. The number of thioether (sulfide) groups is 1. The Hall–Kier alpha value is -1.27. The predicted molar refractivity (Wildman–Crippen MR) is 79.0 cm³/mol. The number of hydrogen-bond donors (Lipinski definition) is 1. The van der Waals surface area contributed by atoms with Gasteiger partial charge in [-0.15, -0.1) is 0 Å². The van der Waals surface area contributed by atoms with Crippen molar-refractivity contribution in [2.45, 2.75) is 6.92 Å². The van der Waals surface area contributed by atoms with E-state index in [9.17, 15) is 8.42 Å². The van der Waals surface area contributed by atoms with Gasteiger partial charge in [0, 0.05) is 6.54 Å². The lowest BCUT2D eigenvalue weighted by Crippen LogP contribution is -2.26. The summed E-state index contributed by atoms with van der Waals surface area (Å²) in [5.74, 6) is 0. The summed E-state index contributed by atoms with van der Waals surface area (Å²) < 4.78 is 25.9. The highest BCUT2D eigenvalue weighted by molar-refractivity contribution is 8.14. The van der Waals surface area contributed by atoms with Gasteiger partial charge in [0.15, 0.2) is 5.17 Å². The van der Waals surface area contributed by atoms with Crippen molar-refractivity contribution < 1.29 is 8.42 Å². The van der Waals surface area contributed by atoms with Gasteiger partial charge in [0.2, 0.25) is 0 Å². The molecule has 4 nitrogen and oxygen atoms in total. The van der Waals surface area contributed by atoms with Gasteiger partial charge in [-0.2, -0.15) is 0 Å². The van der Waals surface area contributed by atoms with Gasteiger partial charge in [0.05, 0.1) is 5.41 Å². The zero-order valence-corrected chi connectivity index (χ0v) is 12.0.